The zero-order valence-corrected chi connectivity index (χ0v) is 17.5. The van der Waals surface area contributed by atoms with Crippen LogP contribution in [0.1, 0.15) is 18.5 Å². The summed E-state index contributed by atoms with van der Waals surface area (Å²) in [5, 5.41) is 12.5. The summed E-state index contributed by atoms with van der Waals surface area (Å²) in [5.41, 5.74) is 0.800. The molecule has 2 aliphatic heterocycles. The Bertz CT molecular complexity index is 1000. The van der Waals surface area contributed by atoms with Gasteiger partial charge in [-0.15, -0.1) is 0 Å². The van der Waals surface area contributed by atoms with Gasteiger partial charge in [0.25, 0.3) is 0 Å². The van der Waals surface area contributed by atoms with Gasteiger partial charge in [-0.2, -0.15) is 14.6 Å². The predicted molar refractivity (Wildman–Crippen MR) is 110 cm³/mol. The van der Waals surface area contributed by atoms with Crippen LogP contribution in [0.5, 0.6) is 0 Å². The Morgan fingerprint density at radius 1 is 1.10 bits per heavy atom. The highest BCUT2D eigenvalue weighted by molar-refractivity contribution is 7.89. The van der Waals surface area contributed by atoms with E-state index in [1.165, 1.54) is 4.31 Å². The van der Waals surface area contributed by atoms with Crippen LogP contribution in [-0.2, 0) is 14.8 Å². The maximum atomic E-state index is 12.7. The number of nitrogens with zero attached hydrogens (tertiary/aromatic N) is 4. The molecule has 2 aliphatic rings. The monoisotopic (exact) mass is 431 g/mol. The molecule has 0 radical (unpaired) electrons. The highest BCUT2D eigenvalue weighted by Crippen LogP contribution is 2.27. The highest BCUT2D eigenvalue weighted by atomic mass is 32.2. The molecule has 160 valence electrons. The quantitative estimate of drug-likeness (QED) is 0.706. The number of benzene rings is 1. The summed E-state index contributed by atoms with van der Waals surface area (Å²) < 4.78 is 37.9. The summed E-state index contributed by atoms with van der Waals surface area (Å²) in [4.78, 5) is 6.78. The van der Waals surface area contributed by atoms with Gasteiger partial charge in [0.1, 0.15) is 6.07 Å². The average molecular weight is 432 g/mol. The lowest BCUT2D eigenvalue weighted by Gasteiger charge is -2.26. The first-order chi connectivity index (χ1) is 14.6. The van der Waals surface area contributed by atoms with E-state index < -0.39 is 10.0 Å². The number of rotatable bonds is 7. The SMILES string of the molecule is N#Cc1nc(-c2ccc(S(=O)(=O)N3CCCC3)cc2)oc1NCCN1CCOCC1. The number of nitriles is 1. The van der Waals surface area contributed by atoms with E-state index in [-0.39, 0.29) is 16.5 Å². The molecule has 0 aliphatic carbocycles. The third-order valence-electron chi connectivity index (χ3n) is 5.35. The zero-order chi connectivity index (χ0) is 21.0. The second-order valence-corrected chi connectivity index (χ2v) is 9.26. The molecule has 4 rings (SSSR count). The number of morpholine rings is 1. The number of hydrogen-bond donors (Lipinski definition) is 1. The van der Waals surface area contributed by atoms with Gasteiger partial charge in [0.2, 0.25) is 27.5 Å². The third-order valence-corrected chi connectivity index (χ3v) is 7.27. The molecule has 0 unspecified atom stereocenters. The molecule has 1 aromatic heterocycles. The lowest BCUT2D eigenvalue weighted by atomic mass is 10.2. The normalized spacial score (nSPS) is 18.4. The molecular weight excluding hydrogens is 406 g/mol. The lowest BCUT2D eigenvalue weighted by molar-refractivity contribution is 0.0398. The van der Waals surface area contributed by atoms with E-state index in [1.807, 2.05) is 6.07 Å². The molecule has 0 atom stereocenters. The minimum Gasteiger partial charge on any atom is -0.419 e. The van der Waals surface area contributed by atoms with Gasteiger partial charge in [-0.05, 0) is 37.1 Å². The van der Waals surface area contributed by atoms with E-state index in [9.17, 15) is 13.7 Å². The van der Waals surface area contributed by atoms with Crippen molar-refractivity contribution in [2.24, 2.45) is 0 Å². The molecule has 0 spiro atoms. The topological polar surface area (TPSA) is 112 Å². The summed E-state index contributed by atoms with van der Waals surface area (Å²) >= 11 is 0. The Morgan fingerprint density at radius 3 is 2.47 bits per heavy atom. The standard InChI is InChI=1S/C20H25N5O4S/c21-15-18-20(22-7-10-24-11-13-28-14-12-24)29-19(23-18)16-3-5-17(6-4-16)30(26,27)25-8-1-2-9-25/h3-6,22H,1-2,7-14H2. The molecule has 0 amide bonds. The summed E-state index contributed by atoms with van der Waals surface area (Å²) in [5.74, 6) is 0.611. The Kier molecular flexibility index (Phi) is 6.34. The van der Waals surface area contributed by atoms with Crippen LogP contribution >= 0.6 is 0 Å². The van der Waals surface area contributed by atoms with Crippen molar-refractivity contribution in [3.63, 3.8) is 0 Å². The third kappa shape index (κ3) is 4.49. The Labute approximate surface area is 176 Å². The first-order valence-corrected chi connectivity index (χ1v) is 11.6. The number of nitrogens with one attached hydrogen (secondary N) is 1. The van der Waals surface area contributed by atoms with Gasteiger partial charge in [-0.1, -0.05) is 0 Å². The minimum atomic E-state index is -3.46. The summed E-state index contributed by atoms with van der Waals surface area (Å²) in [6.07, 6.45) is 1.79. The molecule has 1 aromatic carbocycles. The molecular formula is C20H25N5O4S. The minimum absolute atomic E-state index is 0.181. The van der Waals surface area contributed by atoms with Crippen molar-refractivity contribution in [1.82, 2.24) is 14.2 Å². The number of sulfonamides is 1. The fraction of sp³-hybridized carbons (Fsp3) is 0.500. The molecule has 0 bridgehead atoms. The van der Waals surface area contributed by atoms with Crippen LogP contribution in [0.2, 0.25) is 0 Å². The highest BCUT2D eigenvalue weighted by Gasteiger charge is 2.27. The first kappa shape index (κ1) is 20.8. The van der Waals surface area contributed by atoms with E-state index >= 15 is 0 Å². The van der Waals surface area contributed by atoms with E-state index in [2.05, 4.69) is 15.2 Å². The Hall–Kier alpha value is -2.45. The summed E-state index contributed by atoms with van der Waals surface area (Å²) in [6, 6.07) is 8.48. The van der Waals surface area contributed by atoms with E-state index in [4.69, 9.17) is 9.15 Å². The van der Waals surface area contributed by atoms with Crippen LogP contribution < -0.4 is 5.32 Å². The first-order valence-electron chi connectivity index (χ1n) is 10.1. The van der Waals surface area contributed by atoms with Gasteiger partial charge in [0, 0.05) is 44.8 Å². The molecule has 2 aromatic rings. The molecule has 1 N–H and O–H groups in total. The van der Waals surface area contributed by atoms with Gasteiger partial charge < -0.3 is 14.5 Å². The second-order valence-electron chi connectivity index (χ2n) is 7.32. The van der Waals surface area contributed by atoms with E-state index in [1.54, 1.807) is 24.3 Å². The van der Waals surface area contributed by atoms with Crippen LogP contribution in [0.3, 0.4) is 0 Å². The zero-order valence-electron chi connectivity index (χ0n) is 16.7. The molecule has 3 heterocycles. The van der Waals surface area contributed by atoms with Crippen molar-refractivity contribution in [2.45, 2.75) is 17.7 Å². The maximum Gasteiger partial charge on any atom is 0.243 e. The van der Waals surface area contributed by atoms with E-state index in [0.29, 0.717) is 31.1 Å². The molecule has 0 saturated carbocycles. The Balaban J connectivity index is 1.44. The fourth-order valence-electron chi connectivity index (χ4n) is 3.64. The lowest BCUT2D eigenvalue weighted by Crippen LogP contribution is -2.39. The van der Waals surface area contributed by atoms with Crippen LogP contribution in [0.4, 0.5) is 5.88 Å². The van der Waals surface area contributed by atoms with Gasteiger partial charge >= 0.3 is 0 Å². The number of anilines is 1. The van der Waals surface area contributed by atoms with Gasteiger partial charge in [-0.3, -0.25) is 4.90 Å². The molecule has 9 nitrogen and oxygen atoms in total. The van der Waals surface area contributed by atoms with Gasteiger partial charge in [-0.25, -0.2) is 8.42 Å². The van der Waals surface area contributed by atoms with Crippen LogP contribution in [-0.4, -0.2) is 75.1 Å². The number of oxazole rings is 1. The van der Waals surface area contributed by atoms with E-state index in [0.717, 1.165) is 45.7 Å². The van der Waals surface area contributed by atoms with Crippen molar-refractivity contribution in [1.29, 1.82) is 5.26 Å². The smallest absolute Gasteiger partial charge is 0.243 e. The number of aromatic nitrogens is 1. The number of hydrogen-bond acceptors (Lipinski definition) is 8. The van der Waals surface area contributed by atoms with Crippen molar-refractivity contribution in [3.8, 4) is 17.5 Å². The van der Waals surface area contributed by atoms with Crippen LogP contribution in [0, 0.1) is 11.3 Å². The summed E-state index contributed by atoms with van der Waals surface area (Å²) in [6.45, 7) is 5.81. The molecule has 30 heavy (non-hydrogen) atoms. The molecule has 2 fully saturated rings. The Morgan fingerprint density at radius 2 is 1.80 bits per heavy atom. The molecule has 2 saturated heterocycles. The molecule has 10 heteroatoms. The van der Waals surface area contributed by atoms with Gasteiger partial charge in [0.15, 0.2) is 0 Å². The van der Waals surface area contributed by atoms with Gasteiger partial charge in [0.05, 0.1) is 18.1 Å². The predicted octanol–water partition coefficient (Wildman–Crippen LogP) is 1.74. The van der Waals surface area contributed by atoms with Crippen molar-refractivity contribution in [3.05, 3.63) is 30.0 Å². The van der Waals surface area contributed by atoms with Crippen molar-refractivity contribution in [2.75, 3.05) is 57.8 Å². The van der Waals surface area contributed by atoms with Crippen LogP contribution in [0.25, 0.3) is 11.5 Å². The largest absolute Gasteiger partial charge is 0.419 e. The second kappa shape index (κ2) is 9.14. The van der Waals surface area contributed by atoms with Crippen LogP contribution in [0.15, 0.2) is 33.6 Å². The maximum absolute atomic E-state index is 12.7. The summed E-state index contributed by atoms with van der Waals surface area (Å²) in [7, 11) is -3.46. The van der Waals surface area contributed by atoms with Crippen molar-refractivity contribution < 1.29 is 17.6 Å². The number of ether oxygens (including phenoxy) is 1. The van der Waals surface area contributed by atoms with Crippen molar-refractivity contribution >= 4 is 15.9 Å². The average Bonchev–Trinajstić information content (AvgIpc) is 3.45. The fourth-order valence-corrected chi connectivity index (χ4v) is 5.16.